The zero-order valence-corrected chi connectivity index (χ0v) is 20.4. The molecule has 0 unspecified atom stereocenters. The first-order valence-electron chi connectivity index (χ1n) is 10.1. The van der Waals surface area contributed by atoms with Crippen LogP contribution in [-0.2, 0) is 9.59 Å². The number of carbonyl (C=O) groups excluding carboxylic acids is 3. The van der Waals surface area contributed by atoms with E-state index in [-0.39, 0.29) is 17.8 Å². The number of carbonyl (C=O) groups is 3. The van der Waals surface area contributed by atoms with Crippen LogP contribution in [-0.4, -0.2) is 30.8 Å². The van der Waals surface area contributed by atoms with Crippen molar-refractivity contribution in [2.45, 2.75) is 0 Å². The second-order valence-corrected chi connectivity index (χ2v) is 8.94. The van der Waals surface area contributed by atoms with Crippen molar-refractivity contribution in [3.8, 4) is 11.5 Å². The zero-order valence-electron chi connectivity index (χ0n) is 18.0. The molecule has 0 radical (unpaired) electrons. The molecule has 7 nitrogen and oxygen atoms in total. The lowest BCUT2D eigenvalue weighted by molar-refractivity contribution is -0.118. The highest BCUT2D eigenvalue weighted by molar-refractivity contribution is 9.10. The van der Waals surface area contributed by atoms with E-state index in [1.807, 2.05) is 24.3 Å². The third-order valence-electron chi connectivity index (χ3n) is 4.76. The fourth-order valence-electron chi connectivity index (χ4n) is 3.24. The standard InChI is InChI=1S/C25H19BrN2O5S/c1-32-20-13-16(14-21-24(30)28(25(31)34-21)18-10-6-3-7-11-18)12-19(26)23(20)33-15-22(29)27-17-8-4-2-5-9-17/h2-14H,15H2,1H3,(H,27,29)/b21-14+. The van der Waals surface area contributed by atoms with Crippen molar-refractivity contribution >= 4 is 62.2 Å². The maximum atomic E-state index is 12.9. The molecule has 0 bridgehead atoms. The topological polar surface area (TPSA) is 84.9 Å². The van der Waals surface area contributed by atoms with E-state index in [0.717, 1.165) is 16.7 Å². The molecule has 0 aliphatic carbocycles. The third-order valence-corrected chi connectivity index (χ3v) is 6.22. The number of nitrogens with one attached hydrogen (secondary N) is 1. The molecule has 1 aliphatic heterocycles. The minimum absolute atomic E-state index is 0.223. The van der Waals surface area contributed by atoms with E-state index in [4.69, 9.17) is 9.47 Å². The minimum atomic E-state index is -0.394. The van der Waals surface area contributed by atoms with Gasteiger partial charge < -0.3 is 14.8 Å². The van der Waals surface area contributed by atoms with E-state index in [0.29, 0.717) is 37.8 Å². The van der Waals surface area contributed by atoms with Gasteiger partial charge in [0.15, 0.2) is 18.1 Å². The summed E-state index contributed by atoms with van der Waals surface area (Å²) >= 11 is 4.31. The van der Waals surface area contributed by atoms with Crippen LogP contribution in [0.25, 0.3) is 6.08 Å². The van der Waals surface area contributed by atoms with Crippen molar-refractivity contribution in [2.24, 2.45) is 0 Å². The van der Waals surface area contributed by atoms with Crippen LogP contribution in [0.4, 0.5) is 16.2 Å². The molecule has 0 spiro atoms. The normalized spacial score (nSPS) is 14.4. The highest BCUT2D eigenvalue weighted by Gasteiger charge is 2.36. The van der Waals surface area contributed by atoms with Gasteiger partial charge in [0.25, 0.3) is 17.1 Å². The van der Waals surface area contributed by atoms with Gasteiger partial charge in [-0.25, -0.2) is 4.90 Å². The average Bonchev–Trinajstić information content (AvgIpc) is 3.11. The number of hydrogen-bond acceptors (Lipinski definition) is 6. The molecular weight excluding hydrogens is 520 g/mol. The number of benzene rings is 3. The molecule has 3 aromatic carbocycles. The van der Waals surface area contributed by atoms with Crippen molar-refractivity contribution in [1.29, 1.82) is 0 Å². The van der Waals surface area contributed by atoms with Gasteiger partial charge in [-0.2, -0.15) is 0 Å². The summed E-state index contributed by atoms with van der Waals surface area (Å²) in [4.78, 5) is 39.0. The molecule has 3 aromatic rings. The number of ether oxygens (including phenoxy) is 2. The Balaban J connectivity index is 1.50. The largest absolute Gasteiger partial charge is 0.493 e. The van der Waals surface area contributed by atoms with E-state index >= 15 is 0 Å². The fraction of sp³-hybridized carbons (Fsp3) is 0.0800. The molecule has 1 saturated heterocycles. The summed E-state index contributed by atoms with van der Waals surface area (Å²) in [6.45, 7) is -0.223. The van der Waals surface area contributed by atoms with Crippen LogP contribution in [0.2, 0.25) is 0 Å². The maximum Gasteiger partial charge on any atom is 0.298 e. The van der Waals surface area contributed by atoms with E-state index in [2.05, 4.69) is 21.2 Å². The Labute approximate surface area is 208 Å². The van der Waals surface area contributed by atoms with Gasteiger partial charge in [0.05, 0.1) is 22.2 Å². The lowest BCUT2D eigenvalue weighted by Gasteiger charge is -2.14. The minimum Gasteiger partial charge on any atom is -0.493 e. The SMILES string of the molecule is COc1cc(/C=C2/SC(=O)N(c3ccccc3)C2=O)cc(Br)c1OCC(=O)Nc1ccccc1. The summed E-state index contributed by atoms with van der Waals surface area (Å²) in [6.07, 6.45) is 1.62. The van der Waals surface area contributed by atoms with Crippen LogP contribution >= 0.6 is 27.7 Å². The lowest BCUT2D eigenvalue weighted by atomic mass is 10.1. The Morgan fingerprint density at radius 1 is 1.06 bits per heavy atom. The molecule has 3 amide bonds. The van der Waals surface area contributed by atoms with Gasteiger partial charge >= 0.3 is 0 Å². The Hall–Kier alpha value is -3.56. The highest BCUT2D eigenvalue weighted by atomic mass is 79.9. The van der Waals surface area contributed by atoms with Crippen LogP contribution in [0.3, 0.4) is 0 Å². The first kappa shape index (κ1) is 23.6. The number of hydrogen-bond donors (Lipinski definition) is 1. The summed E-state index contributed by atoms with van der Waals surface area (Å²) in [7, 11) is 1.48. The molecule has 1 heterocycles. The van der Waals surface area contributed by atoms with E-state index < -0.39 is 5.91 Å². The lowest BCUT2D eigenvalue weighted by Crippen LogP contribution is -2.27. The number of anilines is 2. The number of para-hydroxylation sites is 2. The number of halogens is 1. The Bertz CT molecular complexity index is 1270. The highest BCUT2D eigenvalue weighted by Crippen LogP contribution is 2.40. The number of rotatable bonds is 7. The quantitative estimate of drug-likeness (QED) is 0.387. The van der Waals surface area contributed by atoms with Gasteiger partial charge in [0.2, 0.25) is 0 Å². The second-order valence-electron chi connectivity index (χ2n) is 7.09. The molecule has 1 aliphatic rings. The van der Waals surface area contributed by atoms with Crippen LogP contribution in [0.1, 0.15) is 5.56 Å². The monoisotopic (exact) mass is 538 g/mol. The number of amides is 3. The zero-order chi connectivity index (χ0) is 24.1. The molecule has 34 heavy (non-hydrogen) atoms. The Morgan fingerprint density at radius 2 is 1.74 bits per heavy atom. The van der Waals surface area contributed by atoms with Crippen LogP contribution in [0.15, 0.2) is 82.2 Å². The number of imide groups is 1. The maximum absolute atomic E-state index is 12.9. The van der Waals surface area contributed by atoms with Gasteiger partial charge in [0.1, 0.15) is 0 Å². The molecule has 9 heteroatoms. The van der Waals surface area contributed by atoms with Crippen molar-refractivity contribution < 1.29 is 23.9 Å². The van der Waals surface area contributed by atoms with Crippen molar-refractivity contribution in [2.75, 3.05) is 23.9 Å². The van der Waals surface area contributed by atoms with Crippen molar-refractivity contribution in [1.82, 2.24) is 0 Å². The molecule has 172 valence electrons. The number of nitrogens with zero attached hydrogens (tertiary/aromatic N) is 1. The van der Waals surface area contributed by atoms with Crippen molar-refractivity contribution in [3.63, 3.8) is 0 Å². The van der Waals surface area contributed by atoms with Crippen molar-refractivity contribution in [3.05, 3.63) is 87.7 Å². The average molecular weight is 539 g/mol. The third kappa shape index (κ3) is 5.32. The predicted molar refractivity (Wildman–Crippen MR) is 136 cm³/mol. The van der Waals surface area contributed by atoms with Gasteiger partial charge in [-0.05, 0) is 75.7 Å². The van der Waals surface area contributed by atoms with Gasteiger partial charge in [-0.15, -0.1) is 0 Å². The molecule has 0 atom stereocenters. The Morgan fingerprint density at radius 3 is 2.41 bits per heavy atom. The molecule has 4 rings (SSSR count). The molecule has 1 N–H and O–H groups in total. The summed E-state index contributed by atoms with van der Waals surface area (Å²) in [5.41, 5.74) is 1.81. The number of methoxy groups -OCH3 is 1. The smallest absolute Gasteiger partial charge is 0.298 e. The van der Waals surface area contributed by atoms with Gasteiger partial charge in [0, 0.05) is 5.69 Å². The second kappa shape index (κ2) is 10.6. The molecular formula is C25H19BrN2O5S. The first-order valence-corrected chi connectivity index (χ1v) is 11.8. The van der Waals surface area contributed by atoms with Gasteiger partial charge in [-0.3, -0.25) is 14.4 Å². The predicted octanol–water partition coefficient (Wildman–Crippen LogP) is 5.72. The molecule has 0 saturated carbocycles. The van der Waals surface area contributed by atoms with Crippen LogP contribution < -0.4 is 19.7 Å². The first-order chi connectivity index (χ1) is 16.5. The summed E-state index contributed by atoms with van der Waals surface area (Å²) in [5, 5.41) is 2.39. The van der Waals surface area contributed by atoms with E-state index in [1.54, 1.807) is 54.6 Å². The van der Waals surface area contributed by atoms with Crippen LogP contribution in [0.5, 0.6) is 11.5 Å². The fourth-order valence-corrected chi connectivity index (χ4v) is 4.65. The number of thioether (sulfide) groups is 1. The molecule has 1 fully saturated rings. The van der Waals surface area contributed by atoms with Crippen LogP contribution in [0, 0.1) is 0 Å². The van der Waals surface area contributed by atoms with E-state index in [9.17, 15) is 14.4 Å². The van der Waals surface area contributed by atoms with Gasteiger partial charge in [-0.1, -0.05) is 36.4 Å². The summed E-state index contributed by atoms with van der Waals surface area (Å²) in [5.74, 6) is 0.00342. The summed E-state index contributed by atoms with van der Waals surface area (Å²) < 4.78 is 11.7. The van der Waals surface area contributed by atoms with E-state index in [1.165, 1.54) is 7.11 Å². The molecule has 0 aromatic heterocycles. The summed E-state index contributed by atoms with van der Waals surface area (Å²) in [6, 6.07) is 21.2. The Kier molecular flexibility index (Phi) is 7.34.